The van der Waals surface area contributed by atoms with Gasteiger partial charge in [-0.15, -0.1) is 11.3 Å². The molecule has 0 unspecified atom stereocenters. The number of hydrogen-bond donors (Lipinski definition) is 1. The molecule has 0 bridgehead atoms. The number of piperidine rings is 1. The molecule has 1 aromatic carbocycles. The molecule has 0 radical (unpaired) electrons. The van der Waals surface area contributed by atoms with Gasteiger partial charge >= 0.3 is 0 Å². The van der Waals surface area contributed by atoms with Gasteiger partial charge in [-0.3, -0.25) is 9.59 Å². The molecule has 1 N–H and O–H groups in total. The predicted octanol–water partition coefficient (Wildman–Crippen LogP) is 4.27. The summed E-state index contributed by atoms with van der Waals surface area (Å²) < 4.78 is 5.77. The molecule has 2 atom stereocenters. The molecule has 3 heterocycles. The molecule has 2 fully saturated rings. The lowest BCUT2D eigenvalue weighted by atomic mass is 9.73. The Hall–Kier alpha value is -2.18. The quantitative estimate of drug-likeness (QED) is 0.730. The number of carbonyl (C=O) groups is 2. The van der Waals surface area contributed by atoms with Gasteiger partial charge in [0.1, 0.15) is 6.10 Å². The second kappa shape index (κ2) is 9.96. The summed E-state index contributed by atoms with van der Waals surface area (Å²) in [6, 6.07) is 12.5. The minimum Gasteiger partial charge on any atom is -0.368 e. The lowest BCUT2D eigenvalue weighted by molar-refractivity contribution is -0.152. The van der Waals surface area contributed by atoms with Crippen LogP contribution in [0.25, 0.3) is 10.4 Å². The Morgan fingerprint density at radius 3 is 2.81 bits per heavy atom. The molecular formula is C25H32N2O3S. The summed E-state index contributed by atoms with van der Waals surface area (Å²) in [5, 5.41) is 5.14. The summed E-state index contributed by atoms with van der Waals surface area (Å²) in [5.41, 5.74) is 1.73. The van der Waals surface area contributed by atoms with Crippen molar-refractivity contribution in [3.8, 4) is 10.4 Å². The van der Waals surface area contributed by atoms with Gasteiger partial charge in [-0.25, -0.2) is 0 Å². The van der Waals surface area contributed by atoms with Crippen molar-refractivity contribution in [3.05, 3.63) is 47.3 Å². The maximum Gasteiger partial charge on any atom is 0.251 e. The Morgan fingerprint density at radius 1 is 1.19 bits per heavy atom. The summed E-state index contributed by atoms with van der Waals surface area (Å²) in [4.78, 5) is 29.7. The van der Waals surface area contributed by atoms with Crippen LogP contribution in [0.5, 0.6) is 0 Å². The van der Waals surface area contributed by atoms with Crippen LogP contribution in [0.1, 0.15) is 44.6 Å². The van der Waals surface area contributed by atoms with Gasteiger partial charge in [0.2, 0.25) is 5.91 Å². The van der Waals surface area contributed by atoms with Crippen LogP contribution in [0.4, 0.5) is 0 Å². The number of amides is 2. The molecule has 2 aliphatic heterocycles. The minimum atomic E-state index is -0.619. The maximum absolute atomic E-state index is 13.4. The fraction of sp³-hybridized carbons (Fsp3) is 0.520. The number of ether oxygens (including phenoxy) is 1. The number of benzene rings is 1. The van der Waals surface area contributed by atoms with Crippen molar-refractivity contribution in [3.63, 3.8) is 0 Å². The van der Waals surface area contributed by atoms with Gasteiger partial charge in [-0.1, -0.05) is 30.3 Å². The first kappa shape index (κ1) is 22.0. The van der Waals surface area contributed by atoms with Crippen LogP contribution in [0.2, 0.25) is 0 Å². The lowest BCUT2D eigenvalue weighted by Crippen LogP contribution is -2.56. The van der Waals surface area contributed by atoms with Crippen LogP contribution in [-0.2, 0) is 20.7 Å². The average molecular weight is 441 g/mol. The average Bonchev–Trinajstić information content (AvgIpc) is 3.35. The highest BCUT2D eigenvalue weighted by atomic mass is 32.1. The van der Waals surface area contributed by atoms with E-state index in [0.29, 0.717) is 32.7 Å². The number of nitrogens with one attached hydrogen (secondary N) is 1. The van der Waals surface area contributed by atoms with E-state index in [-0.39, 0.29) is 17.9 Å². The molecule has 2 aromatic rings. The number of likely N-dealkylation sites (tertiary alicyclic amines) is 1. The van der Waals surface area contributed by atoms with Gasteiger partial charge in [0.05, 0.1) is 5.41 Å². The first-order chi connectivity index (χ1) is 15.1. The molecule has 2 saturated heterocycles. The van der Waals surface area contributed by atoms with E-state index in [9.17, 15) is 9.59 Å². The summed E-state index contributed by atoms with van der Waals surface area (Å²) >= 11 is 1.71. The topological polar surface area (TPSA) is 58.6 Å². The van der Waals surface area contributed by atoms with Crippen LogP contribution in [0.3, 0.4) is 0 Å². The summed E-state index contributed by atoms with van der Waals surface area (Å²) in [6.45, 7) is 4.35. The van der Waals surface area contributed by atoms with E-state index in [1.807, 2.05) is 17.9 Å². The van der Waals surface area contributed by atoms with Gasteiger partial charge in [0, 0.05) is 31.1 Å². The molecule has 5 nitrogen and oxygen atoms in total. The molecule has 2 amide bonds. The van der Waals surface area contributed by atoms with E-state index >= 15 is 0 Å². The monoisotopic (exact) mass is 440 g/mol. The Bertz CT molecular complexity index is 892. The molecule has 4 rings (SSSR count). The highest BCUT2D eigenvalue weighted by molar-refractivity contribution is 7.13. The largest absolute Gasteiger partial charge is 0.368 e. The van der Waals surface area contributed by atoms with Crippen LogP contribution < -0.4 is 5.32 Å². The second-order valence-corrected chi connectivity index (χ2v) is 9.62. The van der Waals surface area contributed by atoms with Gasteiger partial charge in [-0.05, 0) is 68.0 Å². The number of carbonyl (C=O) groups excluding carboxylic acids is 2. The van der Waals surface area contributed by atoms with E-state index < -0.39 is 5.41 Å². The standard InChI is InChI=1S/C25H32N2O3S/c1-2-26-24(29)25(17-19-9-3-4-10-20(19)22-12-7-16-31-22)13-8-14-27(18-25)23(28)21-11-5-6-15-30-21/h3-4,7,9-10,12,16,21H,2,5-6,8,11,13-15,17-18H2,1H3,(H,26,29)/t21-,25-/m1/s1. The number of rotatable bonds is 6. The molecule has 1 aromatic heterocycles. The van der Waals surface area contributed by atoms with Gasteiger partial charge < -0.3 is 15.0 Å². The van der Waals surface area contributed by atoms with Crippen LogP contribution in [-0.4, -0.2) is 49.1 Å². The van der Waals surface area contributed by atoms with Crippen molar-refractivity contribution in [2.45, 2.75) is 51.6 Å². The van der Waals surface area contributed by atoms with Crippen molar-refractivity contribution in [2.24, 2.45) is 5.41 Å². The zero-order valence-electron chi connectivity index (χ0n) is 18.3. The third kappa shape index (κ3) is 4.85. The van der Waals surface area contributed by atoms with Crippen LogP contribution >= 0.6 is 11.3 Å². The fourth-order valence-corrected chi connectivity index (χ4v) is 5.72. The highest BCUT2D eigenvalue weighted by Gasteiger charge is 2.44. The van der Waals surface area contributed by atoms with Crippen molar-refractivity contribution in [2.75, 3.05) is 26.2 Å². The van der Waals surface area contributed by atoms with Crippen molar-refractivity contribution in [1.29, 1.82) is 0 Å². The van der Waals surface area contributed by atoms with E-state index in [1.54, 1.807) is 11.3 Å². The first-order valence-electron chi connectivity index (χ1n) is 11.4. The molecule has 6 heteroatoms. The molecule has 2 aliphatic rings. The first-order valence-corrected chi connectivity index (χ1v) is 12.3. The predicted molar refractivity (Wildman–Crippen MR) is 124 cm³/mol. The summed E-state index contributed by atoms with van der Waals surface area (Å²) in [6.07, 6.45) is 4.72. The lowest BCUT2D eigenvalue weighted by Gasteiger charge is -2.43. The Balaban J connectivity index is 1.62. The normalized spacial score (nSPS) is 24.0. The third-order valence-corrected chi connectivity index (χ3v) is 7.40. The molecule has 0 saturated carbocycles. The maximum atomic E-state index is 13.4. The molecule has 0 spiro atoms. The molecular weight excluding hydrogens is 408 g/mol. The van der Waals surface area contributed by atoms with Crippen molar-refractivity contribution in [1.82, 2.24) is 10.2 Å². The number of nitrogens with zero attached hydrogens (tertiary/aromatic N) is 1. The van der Waals surface area contributed by atoms with E-state index in [1.165, 1.54) is 16.0 Å². The van der Waals surface area contributed by atoms with Gasteiger partial charge in [0.15, 0.2) is 0 Å². The van der Waals surface area contributed by atoms with E-state index in [0.717, 1.165) is 32.1 Å². The van der Waals surface area contributed by atoms with Crippen molar-refractivity contribution >= 4 is 23.2 Å². The number of thiophene rings is 1. The Labute approximate surface area is 188 Å². The Morgan fingerprint density at radius 2 is 2.06 bits per heavy atom. The van der Waals surface area contributed by atoms with Crippen molar-refractivity contribution < 1.29 is 14.3 Å². The number of hydrogen-bond acceptors (Lipinski definition) is 4. The smallest absolute Gasteiger partial charge is 0.251 e. The molecule has 0 aliphatic carbocycles. The third-order valence-electron chi connectivity index (χ3n) is 6.50. The zero-order valence-corrected chi connectivity index (χ0v) is 19.1. The van der Waals surface area contributed by atoms with Crippen LogP contribution in [0.15, 0.2) is 41.8 Å². The minimum absolute atomic E-state index is 0.0537. The highest BCUT2D eigenvalue weighted by Crippen LogP contribution is 2.38. The van der Waals surface area contributed by atoms with E-state index in [4.69, 9.17) is 4.74 Å². The van der Waals surface area contributed by atoms with Crippen LogP contribution in [0, 0.1) is 5.41 Å². The summed E-state index contributed by atoms with van der Waals surface area (Å²) in [7, 11) is 0. The van der Waals surface area contributed by atoms with Gasteiger partial charge in [-0.2, -0.15) is 0 Å². The fourth-order valence-electron chi connectivity index (χ4n) is 4.93. The Kier molecular flexibility index (Phi) is 7.08. The second-order valence-electron chi connectivity index (χ2n) is 8.67. The molecule has 166 valence electrons. The summed E-state index contributed by atoms with van der Waals surface area (Å²) in [5.74, 6) is 0.109. The zero-order chi connectivity index (χ0) is 21.7. The SMILES string of the molecule is CCNC(=O)[C@@]1(Cc2ccccc2-c2cccs2)CCCN(C(=O)[C@H]2CCCCO2)C1. The molecule has 31 heavy (non-hydrogen) atoms. The van der Waals surface area contributed by atoms with Gasteiger partial charge in [0.25, 0.3) is 5.91 Å². The van der Waals surface area contributed by atoms with E-state index in [2.05, 4.69) is 41.0 Å².